The van der Waals surface area contributed by atoms with E-state index in [1.54, 1.807) is 0 Å². The molecule has 0 unspecified atom stereocenters. The van der Waals surface area contributed by atoms with Gasteiger partial charge in [-0.15, -0.1) is 0 Å². The van der Waals surface area contributed by atoms with Crippen LogP contribution >= 0.6 is 0 Å². The fourth-order valence-corrected chi connectivity index (χ4v) is 0.477. The molecule has 3 nitrogen and oxygen atoms in total. The zero-order valence-corrected chi connectivity index (χ0v) is 7.05. The van der Waals surface area contributed by atoms with E-state index in [9.17, 15) is 0 Å². The van der Waals surface area contributed by atoms with Crippen LogP contribution in [-0.2, 0) is 0 Å². The van der Waals surface area contributed by atoms with Crippen LogP contribution in [0.5, 0.6) is 0 Å². The Morgan fingerprint density at radius 3 is 2.10 bits per heavy atom. The highest BCUT2D eigenvalue weighted by atomic mass is 15.3. The molecule has 3 heteroatoms. The molecule has 0 bridgehead atoms. The van der Waals surface area contributed by atoms with Crippen LogP contribution in [0.15, 0.2) is 10.1 Å². The van der Waals surface area contributed by atoms with Gasteiger partial charge in [0.1, 0.15) is 6.34 Å². The van der Waals surface area contributed by atoms with Gasteiger partial charge in [-0.3, -0.25) is 5.43 Å². The molecule has 0 aromatic rings. The lowest BCUT2D eigenvalue weighted by atomic mass is 10.1. The Bertz CT molecular complexity index is 136. The number of aliphatic imine (C=N–C) groups is 1. The topological polar surface area (TPSA) is 36.8 Å². The molecular weight excluding hydrogens is 126 g/mol. The van der Waals surface area contributed by atoms with Gasteiger partial charge in [0.25, 0.3) is 0 Å². The minimum atomic E-state index is -0.0608. The minimum absolute atomic E-state index is 0.0608. The van der Waals surface area contributed by atoms with Crippen LogP contribution < -0.4 is 5.43 Å². The summed E-state index contributed by atoms with van der Waals surface area (Å²) in [6.45, 7) is 8.01. The SMILES string of the molecule is CC.CC1(C)C=NC=NN1. The largest absolute Gasteiger partial charge is 0.298 e. The van der Waals surface area contributed by atoms with E-state index in [4.69, 9.17) is 0 Å². The molecule has 58 valence electrons. The Hall–Kier alpha value is -0.860. The molecule has 0 radical (unpaired) electrons. The second-order valence-corrected chi connectivity index (χ2v) is 2.36. The average molecular weight is 141 g/mol. The number of hydrogen-bond acceptors (Lipinski definition) is 3. The molecule has 0 aliphatic carbocycles. The lowest BCUT2D eigenvalue weighted by molar-refractivity contribution is 0.532. The molecule has 10 heavy (non-hydrogen) atoms. The lowest BCUT2D eigenvalue weighted by Gasteiger charge is -2.19. The van der Waals surface area contributed by atoms with Crippen LogP contribution in [0.2, 0.25) is 0 Å². The van der Waals surface area contributed by atoms with E-state index >= 15 is 0 Å². The molecule has 1 rings (SSSR count). The van der Waals surface area contributed by atoms with E-state index in [1.165, 1.54) is 6.34 Å². The van der Waals surface area contributed by atoms with Crippen LogP contribution in [-0.4, -0.2) is 18.1 Å². The summed E-state index contributed by atoms with van der Waals surface area (Å²) in [6, 6.07) is 0. The van der Waals surface area contributed by atoms with Crippen LogP contribution in [0.1, 0.15) is 27.7 Å². The normalized spacial score (nSPS) is 18.8. The Morgan fingerprint density at radius 1 is 1.30 bits per heavy atom. The molecule has 0 atom stereocenters. The van der Waals surface area contributed by atoms with E-state index < -0.39 is 0 Å². The Morgan fingerprint density at radius 2 is 1.90 bits per heavy atom. The van der Waals surface area contributed by atoms with Crippen LogP contribution in [0.3, 0.4) is 0 Å². The lowest BCUT2D eigenvalue weighted by Crippen LogP contribution is -2.38. The maximum absolute atomic E-state index is 3.85. The van der Waals surface area contributed by atoms with Crippen molar-refractivity contribution >= 4 is 12.6 Å². The fourth-order valence-electron chi connectivity index (χ4n) is 0.477. The Kier molecular flexibility index (Phi) is 3.69. The number of hydrazone groups is 1. The van der Waals surface area contributed by atoms with Crippen LogP contribution in [0.25, 0.3) is 0 Å². The van der Waals surface area contributed by atoms with Crippen molar-refractivity contribution in [3.63, 3.8) is 0 Å². The number of hydrogen-bond donors (Lipinski definition) is 1. The third-order valence-electron chi connectivity index (χ3n) is 0.874. The highest BCUT2D eigenvalue weighted by molar-refractivity contribution is 5.80. The monoisotopic (exact) mass is 141 g/mol. The van der Waals surface area contributed by atoms with Crippen molar-refractivity contribution < 1.29 is 0 Å². The molecule has 0 spiro atoms. The predicted molar refractivity (Wildman–Crippen MR) is 45.5 cm³/mol. The first kappa shape index (κ1) is 9.14. The third kappa shape index (κ3) is 3.22. The number of rotatable bonds is 0. The van der Waals surface area contributed by atoms with E-state index in [2.05, 4.69) is 15.5 Å². The van der Waals surface area contributed by atoms with Crippen molar-refractivity contribution in [1.29, 1.82) is 0 Å². The summed E-state index contributed by atoms with van der Waals surface area (Å²) >= 11 is 0. The molecule has 1 N–H and O–H groups in total. The van der Waals surface area contributed by atoms with Crippen molar-refractivity contribution in [3.05, 3.63) is 0 Å². The van der Waals surface area contributed by atoms with Crippen LogP contribution in [0.4, 0.5) is 0 Å². The third-order valence-corrected chi connectivity index (χ3v) is 0.874. The van der Waals surface area contributed by atoms with Crippen molar-refractivity contribution in [2.24, 2.45) is 10.1 Å². The minimum Gasteiger partial charge on any atom is -0.298 e. The standard InChI is InChI=1S/C5H9N3.C2H6/c1-5(2)3-6-4-7-8-5;1-2/h3-4,8H,1-2H3;1-2H3. The second-order valence-electron chi connectivity index (χ2n) is 2.36. The predicted octanol–water partition coefficient (Wildman–Crippen LogP) is 1.41. The summed E-state index contributed by atoms with van der Waals surface area (Å²) in [4.78, 5) is 3.85. The van der Waals surface area contributed by atoms with Crippen molar-refractivity contribution in [1.82, 2.24) is 5.43 Å². The maximum atomic E-state index is 3.85. The molecule has 1 heterocycles. The first-order chi connectivity index (χ1) is 4.71. The van der Waals surface area contributed by atoms with Gasteiger partial charge in [-0.2, -0.15) is 5.10 Å². The van der Waals surface area contributed by atoms with Gasteiger partial charge in [0.15, 0.2) is 0 Å². The van der Waals surface area contributed by atoms with Gasteiger partial charge < -0.3 is 0 Å². The van der Waals surface area contributed by atoms with Crippen molar-refractivity contribution in [2.75, 3.05) is 0 Å². The highest BCUT2D eigenvalue weighted by Crippen LogP contribution is 1.98. The molecule has 1 aliphatic heterocycles. The Balaban J connectivity index is 0.000000371. The first-order valence-electron chi connectivity index (χ1n) is 3.54. The number of nitrogens with one attached hydrogen (secondary N) is 1. The van der Waals surface area contributed by atoms with Gasteiger partial charge in [-0.25, -0.2) is 4.99 Å². The van der Waals surface area contributed by atoms with Crippen molar-refractivity contribution in [3.8, 4) is 0 Å². The van der Waals surface area contributed by atoms with E-state index in [-0.39, 0.29) is 5.54 Å². The molecular formula is C7H15N3. The van der Waals surface area contributed by atoms with Crippen LogP contribution in [0, 0.1) is 0 Å². The zero-order valence-electron chi connectivity index (χ0n) is 7.05. The van der Waals surface area contributed by atoms with Gasteiger partial charge in [-0.05, 0) is 13.8 Å². The maximum Gasteiger partial charge on any atom is 0.134 e. The van der Waals surface area contributed by atoms with E-state index in [0.717, 1.165) is 0 Å². The molecule has 0 aromatic carbocycles. The molecule has 0 fully saturated rings. The van der Waals surface area contributed by atoms with E-state index in [0.29, 0.717) is 0 Å². The molecule has 0 saturated carbocycles. The van der Waals surface area contributed by atoms with Crippen molar-refractivity contribution in [2.45, 2.75) is 33.2 Å². The summed E-state index contributed by atoms with van der Waals surface area (Å²) in [7, 11) is 0. The molecule has 0 amide bonds. The smallest absolute Gasteiger partial charge is 0.134 e. The zero-order chi connectivity index (χ0) is 8.04. The summed E-state index contributed by atoms with van der Waals surface area (Å²) in [5.74, 6) is 0. The molecule has 0 aromatic heterocycles. The summed E-state index contributed by atoms with van der Waals surface area (Å²) < 4.78 is 0. The molecule has 1 aliphatic rings. The van der Waals surface area contributed by atoms with E-state index in [1.807, 2.05) is 33.9 Å². The molecule has 0 saturated heterocycles. The quantitative estimate of drug-likeness (QED) is 0.544. The van der Waals surface area contributed by atoms with Gasteiger partial charge >= 0.3 is 0 Å². The summed E-state index contributed by atoms with van der Waals surface area (Å²) in [6.07, 6.45) is 3.31. The second kappa shape index (κ2) is 4.04. The van der Waals surface area contributed by atoms with Gasteiger partial charge in [-0.1, -0.05) is 13.8 Å². The van der Waals surface area contributed by atoms with Gasteiger partial charge in [0.2, 0.25) is 0 Å². The number of nitrogens with zero attached hydrogens (tertiary/aromatic N) is 2. The van der Waals surface area contributed by atoms with Gasteiger partial charge in [0.05, 0.1) is 5.54 Å². The summed E-state index contributed by atoms with van der Waals surface area (Å²) in [5, 5.41) is 3.76. The Labute approximate surface area is 62.2 Å². The highest BCUT2D eigenvalue weighted by Gasteiger charge is 2.13. The van der Waals surface area contributed by atoms with Gasteiger partial charge in [0, 0.05) is 6.21 Å². The average Bonchev–Trinajstić information content (AvgIpc) is 1.92. The first-order valence-corrected chi connectivity index (χ1v) is 3.54. The summed E-state index contributed by atoms with van der Waals surface area (Å²) in [5.41, 5.74) is 2.82. The fraction of sp³-hybridized carbons (Fsp3) is 0.714.